The van der Waals surface area contributed by atoms with Crippen LogP contribution in [0.5, 0.6) is 5.75 Å². The van der Waals surface area contributed by atoms with Crippen molar-refractivity contribution in [1.29, 1.82) is 5.26 Å². The van der Waals surface area contributed by atoms with Crippen LogP contribution in [-0.2, 0) is 4.74 Å². The fourth-order valence-electron chi connectivity index (χ4n) is 3.75. The van der Waals surface area contributed by atoms with Gasteiger partial charge in [-0.15, -0.1) is 0 Å². The third kappa shape index (κ3) is 5.41. The maximum atomic E-state index is 12.9. The summed E-state index contributed by atoms with van der Waals surface area (Å²) < 4.78 is 11.4. The molecule has 1 aromatic rings. The number of likely N-dealkylation sites (tertiary alicyclic amines) is 1. The second-order valence-electron chi connectivity index (χ2n) is 8.72. The first kappa shape index (κ1) is 21.0. The van der Waals surface area contributed by atoms with Gasteiger partial charge in [-0.3, -0.25) is 4.79 Å². The highest BCUT2D eigenvalue weighted by molar-refractivity contribution is 5.97. The van der Waals surface area contributed by atoms with Crippen molar-refractivity contribution >= 4 is 12.0 Å². The van der Waals surface area contributed by atoms with E-state index < -0.39 is 23.7 Å². The van der Waals surface area contributed by atoms with Gasteiger partial charge >= 0.3 is 6.09 Å². The lowest BCUT2D eigenvalue weighted by atomic mass is 10.1. The normalized spacial score (nSPS) is 22.2. The smallest absolute Gasteiger partial charge is 0.410 e. The summed E-state index contributed by atoms with van der Waals surface area (Å²) in [6.07, 6.45) is 3.96. The van der Waals surface area contributed by atoms with Crippen molar-refractivity contribution in [2.75, 3.05) is 13.1 Å². The molecule has 0 bridgehead atoms. The van der Waals surface area contributed by atoms with E-state index >= 15 is 0 Å². The average Bonchev–Trinajstić information content (AvgIpc) is 3.30. The van der Waals surface area contributed by atoms with Crippen LogP contribution in [-0.4, -0.2) is 47.7 Å². The highest BCUT2D eigenvalue weighted by Gasteiger charge is 2.38. The molecule has 1 saturated heterocycles. The third-order valence-corrected chi connectivity index (χ3v) is 5.18. The first-order chi connectivity index (χ1) is 13.8. The van der Waals surface area contributed by atoms with Gasteiger partial charge in [0, 0.05) is 13.1 Å². The maximum Gasteiger partial charge on any atom is 0.410 e. The van der Waals surface area contributed by atoms with Crippen LogP contribution in [0.25, 0.3) is 0 Å². The Morgan fingerprint density at radius 2 is 1.86 bits per heavy atom. The first-order valence-corrected chi connectivity index (χ1v) is 10.2. The molecule has 0 aromatic heterocycles. The summed E-state index contributed by atoms with van der Waals surface area (Å²) in [6.45, 7) is 5.86. The van der Waals surface area contributed by atoms with E-state index in [2.05, 4.69) is 11.4 Å². The van der Waals surface area contributed by atoms with Gasteiger partial charge in [0.05, 0.1) is 29.7 Å². The summed E-state index contributed by atoms with van der Waals surface area (Å²) in [6, 6.07) is 8.90. The predicted octanol–water partition coefficient (Wildman–Crippen LogP) is 3.50. The number of nitriles is 1. The van der Waals surface area contributed by atoms with E-state index in [1.165, 1.54) is 4.90 Å². The van der Waals surface area contributed by atoms with Crippen LogP contribution in [0, 0.1) is 17.2 Å². The van der Waals surface area contributed by atoms with Gasteiger partial charge < -0.3 is 19.7 Å². The van der Waals surface area contributed by atoms with Gasteiger partial charge in [0.15, 0.2) is 0 Å². The molecular formula is C22H29N3O4. The van der Waals surface area contributed by atoms with Gasteiger partial charge in [0.1, 0.15) is 11.4 Å². The van der Waals surface area contributed by atoms with Crippen LogP contribution in [0.3, 0.4) is 0 Å². The van der Waals surface area contributed by atoms with Crippen molar-refractivity contribution in [1.82, 2.24) is 10.2 Å². The average molecular weight is 399 g/mol. The Labute approximate surface area is 172 Å². The molecule has 1 aliphatic carbocycles. The zero-order chi connectivity index (χ0) is 21.0. The number of para-hydroxylation sites is 1. The molecule has 7 heteroatoms. The number of carbonyl (C=O) groups excluding carboxylic acids is 2. The molecule has 2 atom stereocenters. The summed E-state index contributed by atoms with van der Waals surface area (Å²) in [7, 11) is 0. The molecule has 0 radical (unpaired) electrons. The quantitative estimate of drug-likeness (QED) is 0.837. The fraction of sp³-hybridized carbons (Fsp3) is 0.591. The van der Waals surface area contributed by atoms with E-state index in [4.69, 9.17) is 9.47 Å². The van der Waals surface area contributed by atoms with Crippen LogP contribution >= 0.6 is 0 Å². The summed E-state index contributed by atoms with van der Waals surface area (Å²) in [5.41, 5.74) is -0.163. The molecule has 0 unspecified atom stereocenters. The topological polar surface area (TPSA) is 91.7 Å². The Morgan fingerprint density at radius 1 is 1.17 bits per heavy atom. The number of ether oxygens (including phenoxy) is 2. The minimum Gasteiger partial charge on any atom is -0.490 e. The Kier molecular flexibility index (Phi) is 6.31. The van der Waals surface area contributed by atoms with E-state index in [1.54, 1.807) is 39.0 Å². The standard InChI is InChI=1S/C22H29N3O4/c1-22(2,3)29-21(27)25-13-15(12-23)18(14-25)24-20(26)17-10-6-7-11-19(17)28-16-8-4-5-9-16/h6-7,10-11,15-16,18H,4-5,8-9,13-14H2,1-3H3,(H,24,26)/t15-,18+/m1/s1. The Morgan fingerprint density at radius 3 is 2.52 bits per heavy atom. The number of hydrogen-bond donors (Lipinski definition) is 1. The molecule has 0 spiro atoms. The second kappa shape index (κ2) is 8.73. The zero-order valence-corrected chi connectivity index (χ0v) is 17.3. The zero-order valence-electron chi connectivity index (χ0n) is 17.3. The minimum atomic E-state index is -0.614. The molecule has 7 nitrogen and oxygen atoms in total. The van der Waals surface area contributed by atoms with Gasteiger partial charge in [-0.05, 0) is 58.6 Å². The van der Waals surface area contributed by atoms with E-state index in [1.807, 2.05) is 6.07 Å². The third-order valence-electron chi connectivity index (χ3n) is 5.18. The summed E-state index contributed by atoms with van der Waals surface area (Å²) in [4.78, 5) is 26.7. The Bertz CT molecular complexity index is 790. The monoisotopic (exact) mass is 399 g/mol. The largest absolute Gasteiger partial charge is 0.490 e. The molecule has 1 N–H and O–H groups in total. The molecule has 1 aliphatic heterocycles. The molecule has 3 rings (SSSR count). The van der Waals surface area contributed by atoms with Gasteiger partial charge in [-0.1, -0.05) is 12.1 Å². The van der Waals surface area contributed by atoms with Crippen molar-refractivity contribution in [2.45, 2.75) is 64.2 Å². The number of rotatable bonds is 4. The number of carbonyl (C=O) groups is 2. The van der Waals surface area contributed by atoms with Crippen LogP contribution in [0.1, 0.15) is 56.8 Å². The Hall–Kier alpha value is -2.75. The number of nitrogens with zero attached hydrogens (tertiary/aromatic N) is 2. The first-order valence-electron chi connectivity index (χ1n) is 10.2. The van der Waals surface area contributed by atoms with E-state index in [0.717, 1.165) is 25.7 Å². The molecule has 1 saturated carbocycles. The molecule has 2 amide bonds. The number of hydrogen-bond acceptors (Lipinski definition) is 5. The van der Waals surface area contributed by atoms with Crippen molar-refractivity contribution in [3.05, 3.63) is 29.8 Å². The van der Waals surface area contributed by atoms with Crippen molar-refractivity contribution in [3.63, 3.8) is 0 Å². The summed E-state index contributed by atoms with van der Waals surface area (Å²) in [5.74, 6) is -0.225. The fourth-order valence-corrected chi connectivity index (χ4v) is 3.75. The molecule has 156 valence electrons. The van der Waals surface area contributed by atoms with Crippen molar-refractivity contribution in [3.8, 4) is 11.8 Å². The SMILES string of the molecule is CC(C)(C)OC(=O)N1C[C@@H](C#N)[C@@H](NC(=O)c2ccccc2OC2CCCC2)C1. The number of amides is 2. The second-order valence-corrected chi connectivity index (χ2v) is 8.72. The predicted molar refractivity (Wildman–Crippen MR) is 107 cm³/mol. The van der Waals surface area contributed by atoms with Gasteiger partial charge in [-0.2, -0.15) is 5.26 Å². The van der Waals surface area contributed by atoms with Gasteiger partial charge in [0.2, 0.25) is 0 Å². The summed E-state index contributed by atoms with van der Waals surface area (Å²) >= 11 is 0. The lowest BCUT2D eigenvalue weighted by Crippen LogP contribution is -2.41. The number of nitrogens with one attached hydrogen (secondary N) is 1. The van der Waals surface area contributed by atoms with E-state index in [9.17, 15) is 14.9 Å². The van der Waals surface area contributed by atoms with Gasteiger partial charge in [-0.25, -0.2) is 4.79 Å². The highest BCUT2D eigenvalue weighted by atomic mass is 16.6. The molecule has 29 heavy (non-hydrogen) atoms. The van der Waals surface area contributed by atoms with Crippen molar-refractivity contribution in [2.24, 2.45) is 5.92 Å². The minimum absolute atomic E-state index is 0.143. The van der Waals surface area contributed by atoms with Crippen LogP contribution in [0.2, 0.25) is 0 Å². The van der Waals surface area contributed by atoms with Crippen molar-refractivity contribution < 1.29 is 19.1 Å². The number of benzene rings is 1. The molecule has 2 aliphatic rings. The molecule has 1 aromatic carbocycles. The molecule has 2 fully saturated rings. The maximum absolute atomic E-state index is 12.9. The molecule has 1 heterocycles. The highest BCUT2D eigenvalue weighted by Crippen LogP contribution is 2.27. The van der Waals surface area contributed by atoms with Crippen LogP contribution in [0.4, 0.5) is 4.79 Å². The van der Waals surface area contributed by atoms with Crippen LogP contribution < -0.4 is 10.1 Å². The van der Waals surface area contributed by atoms with E-state index in [0.29, 0.717) is 11.3 Å². The van der Waals surface area contributed by atoms with E-state index in [-0.39, 0.29) is 25.1 Å². The van der Waals surface area contributed by atoms with Gasteiger partial charge in [0.25, 0.3) is 5.91 Å². The molecular weight excluding hydrogens is 370 g/mol. The summed E-state index contributed by atoms with van der Waals surface area (Å²) in [5, 5.41) is 12.4. The lowest BCUT2D eigenvalue weighted by Gasteiger charge is -2.24. The lowest BCUT2D eigenvalue weighted by molar-refractivity contribution is 0.0287. The van der Waals surface area contributed by atoms with Crippen LogP contribution in [0.15, 0.2) is 24.3 Å². The Balaban J connectivity index is 1.67.